The molecule has 120 valence electrons. The van der Waals surface area contributed by atoms with E-state index in [2.05, 4.69) is 33.4 Å². The molecular formula is C17H20N4O2. The van der Waals surface area contributed by atoms with Crippen LogP contribution in [0, 0.1) is 5.92 Å². The number of aromatic nitrogens is 2. The molecule has 4 rings (SSSR count). The van der Waals surface area contributed by atoms with E-state index in [-0.39, 0.29) is 6.04 Å². The summed E-state index contributed by atoms with van der Waals surface area (Å²) in [5, 5.41) is 17.3. The molecule has 0 spiro atoms. The van der Waals surface area contributed by atoms with Crippen LogP contribution in [0.2, 0.25) is 0 Å². The molecule has 1 aromatic heterocycles. The first-order valence-electron chi connectivity index (χ1n) is 8.13. The van der Waals surface area contributed by atoms with E-state index in [1.807, 2.05) is 18.2 Å². The third-order valence-electron chi connectivity index (χ3n) is 4.41. The predicted octanol–water partition coefficient (Wildman–Crippen LogP) is 3.56. The van der Waals surface area contributed by atoms with Gasteiger partial charge < -0.3 is 9.47 Å². The smallest absolute Gasteiger partial charge is 0.120 e. The average Bonchev–Trinajstić information content (AvgIpc) is 3.19. The molecule has 0 saturated heterocycles. The van der Waals surface area contributed by atoms with Gasteiger partial charge in [0.25, 0.3) is 0 Å². The summed E-state index contributed by atoms with van der Waals surface area (Å²) in [5.74, 6) is 1.24. The number of nitrogens with zero attached hydrogens (tertiary/aromatic N) is 3. The second-order valence-electron chi connectivity index (χ2n) is 6.12. The van der Waals surface area contributed by atoms with Gasteiger partial charge in [0.1, 0.15) is 17.1 Å². The quantitative estimate of drug-likeness (QED) is 0.808. The molecule has 2 aliphatic heterocycles. The molecule has 1 unspecified atom stereocenters. The second-order valence-corrected chi connectivity index (χ2v) is 6.12. The maximum absolute atomic E-state index is 5.82. The lowest BCUT2D eigenvalue weighted by Gasteiger charge is -2.13. The Balaban J connectivity index is 1.73. The Labute approximate surface area is 134 Å². The van der Waals surface area contributed by atoms with E-state index in [9.17, 15) is 0 Å². The van der Waals surface area contributed by atoms with Gasteiger partial charge in [0.15, 0.2) is 0 Å². The highest BCUT2D eigenvalue weighted by molar-refractivity contribution is 5.91. The molecule has 1 aromatic carbocycles. The first-order valence-corrected chi connectivity index (χ1v) is 8.13. The van der Waals surface area contributed by atoms with Gasteiger partial charge in [-0.2, -0.15) is 15.3 Å². The summed E-state index contributed by atoms with van der Waals surface area (Å²) < 4.78 is 11.5. The van der Waals surface area contributed by atoms with Crippen LogP contribution in [0.15, 0.2) is 34.5 Å². The molecule has 0 amide bonds. The van der Waals surface area contributed by atoms with E-state index in [0.717, 1.165) is 54.1 Å². The minimum Gasteiger partial charge on any atom is -0.493 e. The zero-order valence-corrected chi connectivity index (χ0v) is 13.2. The van der Waals surface area contributed by atoms with Crippen molar-refractivity contribution in [3.63, 3.8) is 0 Å². The number of H-pyrrole nitrogens is 1. The molecule has 23 heavy (non-hydrogen) atoms. The van der Waals surface area contributed by atoms with Crippen molar-refractivity contribution in [2.75, 3.05) is 19.8 Å². The van der Waals surface area contributed by atoms with Crippen molar-refractivity contribution in [2.45, 2.75) is 25.8 Å². The van der Waals surface area contributed by atoms with Crippen LogP contribution < -0.4 is 4.74 Å². The van der Waals surface area contributed by atoms with Crippen LogP contribution in [-0.4, -0.2) is 36.1 Å². The van der Waals surface area contributed by atoms with Crippen LogP contribution in [0.4, 0.5) is 0 Å². The Morgan fingerprint density at radius 3 is 3.13 bits per heavy atom. The van der Waals surface area contributed by atoms with Gasteiger partial charge in [0.05, 0.1) is 18.2 Å². The van der Waals surface area contributed by atoms with Crippen LogP contribution in [-0.2, 0) is 4.74 Å². The molecule has 3 heterocycles. The number of ether oxygens (including phenoxy) is 2. The summed E-state index contributed by atoms with van der Waals surface area (Å²) in [7, 11) is 0. The lowest BCUT2D eigenvalue weighted by Crippen LogP contribution is -2.14. The number of nitrogens with one attached hydrogen (secondary N) is 1. The molecule has 0 radical (unpaired) electrons. The van der Waals surface area contributed by atoms with Crippen molar-refractivity contribution in [1.29, 1.82) is 0 Å². The summed E-state index contributed by atoms with van der Waals surface area (Å²) in [6, 6.07) is 6.06. The van der Waals surface area contributed by atoms with E-state index in [1.165, 1.54) is 0 Å². The van der Waals surface area contributed by atoms with Crippen LogP contribution in [0.25, 0.3) is 16.6 Å². The minimum absolute atomic E-state index is 0.102. The minimum atomic E-state index is 0.102. The van der Waals surface area contributed by atoms with Crippen LogP contribution in [0.5, 0.6) is 5.75 Å². The SMILES string of the molecule is C[C@H]1CCOCCCOc2ccc3[nH]nc(c3c2)C2=CC1N=N2. The lowest BCUT2D eigenvalue weighted by molar-refractivity contribution is 0.108. The fourth-order valence-corrected chi connectivity index (χ4v) is 2.93. The molecule has 2 aliphatic rings. The highest BCUT2D eigenvalue weighted by atomic mass is 16.5. The van der Waals surface area contributed by atoms with E-state index < -0.39 is 0 Å². The van der Waals surface area contributed by atoms with Crippen LogP contribution >= 0.6 is 0 Å². The van der Waals surface area contributed by atoms with Crippen LogP contribution in [0.1, 0.15) is 25.5 Å². The van der Waals surface area contributed by atoms with Gasteiger partial charge in [-0.15, -0.1) is 0 Å². The Morgan fingerprint density at radius 2 is 2.17 bits per heavy atom. The Kier molecular flexibility index (Phi) is 3.83. The van der Waals surface area contributed by atoms with Crippen molar-refractivity contribution in [2.24, 2.45) is 16.1 Å². The molecule has 0 saturated carbocycles. The topological polar surface area (TPSA) is 71.9 Å². The summed E-state index contributed by atoms with van der Waals surface area (Å²) in [5.41, 5.74) is 2.66. The third kappa shape index (κ3) is 2.86. The number of azo groups is 1. The molecule has 0 aliphatic carbocycles. The largest absolute Gasteiger partial charge is 0.493 e. The monoisotopic (exact) mass is 312 g/mol. The maximum atomic E-state index is 5.82. The van der Waals surface area contributed by atoms with Gasteiger partial charge in [-0.3, -0.25) is 5.10 Å². The molecule has 1 N–H and O–H groups in total. The van der Waals surface area contributed by atoms with Gasteiger partial charge in [-0.1, -0.05) is 6.92 Å². The lowest BCUT2D eigenvalue weighted by atomic mass is 9.98. The fourth-order valence-electron chi connectivity index (χ4n) is 2.93. The number of fused-ring (bicyclic) bond motifs is 3. The standard InChI is InChI=1S/C17H20N4O2/c1-11-5-8-22-6-2-7-23-12-3-4-14-13(9-12)17(21-18-14)16-10-15(11)19-20-16/h3-4,9-11,15H,2,5-8H2,1H3,(H,18,21)/t11-,15?/m0/s1. The second kappa shape index (κ2) is 6.12. The summed E-state index contributed by atoms with van der Waals surface area (Å²) in [4.78, 5) is 0. The number of hydrogen-bond acceptors (Lipinski definition) is 5. The number of rotatable bonds is 0. The first-order chi connectivity index (χ1) is 11.3. The Hall–Kier alpha value is -2.21. The Morgan fingerprint density at radius 1 is 1.22 bits per heavy atom. The zero-order chi connectivity index (χ0) is 15.6. The van der Waals surface area contributed by atoms with Crippen molar-refractivity contribution < 1.29 is 9.47 Å². The highest BCUT2D eigenvalue weighted by Crippen LogP contribution is 2.32. The van der Waals surface area contributed by atoms with Crippen molar-refractivity contribution in [3.05, 3.63) is 30.0 Å². The van der Waals surface area contributed by atoms with Gasteiger partial charge in [0, 0.05) is 25.0 Å². The maximum Gasteiger partial charge on any atom is 0.120 e. The van der Waals surface area contributed by atoms with Gasteiger partial charge in [0.2, 0.25) is 0 Å². The summed E-state index contributed by atoms with van der Waals surface area (Å²) in [6.07, 6.45) is 3.96. The predicted molar refractivity (Wildman–Crippen MR) is 87.4 cm³/mol. The van der Waals surface area contributed by atoms with Crippen molar-refractivity contribution in [1.82, 2.24) is 10.2 Å². The molecule has 2 aromatic rings. The van der Waals surface area contributed by atoms with E-state index in [1.54, 1.807) is 0 Å². The average molecular weight is 312 g/mol. The van der Waals surface area contributed by atoms with E-state index in [0.29, 0.717) is 12.5 Å². The zero-order valence-electron chi connectivity index (χ0n) is 13.2. The number of benzene rings is 1. The molecule has 2 atom stereocenters. The molecule has 6 heteroatoms. The van der Waals surface area contributed by atoms with Crippen LogP contribution in [0.3, 0.4) is 0 Å². The Bertz CT molecular complexity index is 765. The third-order valence-corrected chi connectivity index (χ3v) is 4.41. The molecule has 6 nitrogen and oxygen atoms in total. The summed E-state index contributed by atoms with van der Waals surface area (Å²) >= 11 is 0. The first kappa shape index (κ1) is 14.4. The molecule has 4 bridgehead atoms. The van der Waals surface area contributed by atoms with Crippen molar-refractivity contribution in [3.8, 4) is 5.75 Å². The number of aromatic amines is 1. The van der Waals surface area contributed by atoms with Gasteiger partial charge in [-0.05, 0) is 36.6 Å². The number of hydrogen-bond donors (Lipinski definition) is 1. The molecular weight excluding hydrogens is 292 g/mol. The fraction of sp³-hybridized carbons (Fsp3) is 0.471. The highest BCUT2D eigenvalue weighted by Gasteiger charge is 2.23. The van der Waals surface area contributed by atoms with Crippen molar-refractivity contribution >= 4 is 16.6 Å². The van der Waals surface area contributed by atoms with E-state index >= 15 is 0 Å². The van der Waals surface area contributed by atoms with Gasteiger partial charge in [-0.25, -0.2) is 0 Å². The summed E-state index contributed by atoms with van der Waals surface area (Å²) in [6.45, 7) is 4.31. The van der Waals surface area contributed by atoms with Gasteiger partial charge >= 0.3 is 0 Å². The molecule has 0 fully saturated rings. The van der Waals surface area contributed by atoms with E-state index in [4.69, 9.17) is 9.47 Å². The normalized spacial score (nSPS) is 25.0.